The highest BCUT2D eigenvalue weighted by molar-refractivity contribution is 6.26. The highest BCUT2D eigenvalue weighted by atomic mass is 16.6. The van der Waals surface area contributed by atoms with E-state index in [1.807, 2.05) is 18.2 Å². The standard InChI is InChI=1S/C28H28N2.C13H20N2.C11H4O5.CH4/c1-20-5-9-23(10-6-20)25-13-15-26(16-14-25)24-11-7-21(8-12-24)3-2-4-22-17-27(29)19-28(30)18-22;1-9-2-4-10(5-3-9)11-6-12(14)8-13(15)7-11;12-8-3-9(13)5-2-7-6(1-4(5)8)10(14)16-11(7)15;/h5-19H,2-4,29-30H2,1H3;6-10H,2-5,14-15H2,1H3;1-2H,3H2;1H4. The largest absolute Gasteiger partial charge is 0.399 e. The second kappa shape index (κ2) is 19.6. The Labute approximate surface area is 364 Å². The van der Waals surface area contributed by atoms with Gasteiger partial charge in [-0.2, -0.15) is 0 Å². The predicted octanol–water partition coefficient (Wildman–Crippen LogP) is 11.2. The molecular formula is C53H56N4O5. The summed E-state index contributed by atoms with van der Waals surface area (Å²) >= 11 is 0. The van der Waals surface area contributed by atoms with Crippen LogP contribution in [0.2, 0.25) is 0 Å². The number of carbonyl (C=O) groups is 4. The molecule has 9 heteroatoms. The Morgan fingerprint density at radius 1 is 0.500 bits per heavy atom. The van der Waals surface area contributed by atoms with Crippen molar-refractivity contribution in [2.24, 2.45) is 5.92 Å². The number of hydrogen-bond acceptors (Lipinski definition) is 9. The van der Waals surface area contributed by atoms with E-state index in [9.17, 15) is 19.2 Å². The van der Waals surface area contributed by atoms with Crippen LogP contribution < -0.4 is 22.9 Å². The van der Waals surface area contributed by atoms with Gasteiger partial charge in [-0.1, -0.05) is 106 Å². The molecule has 0 unspecified atom stereocenters. The van der Waals surface area contributed by atoms with Gasteiger partial charge in [-0.25, -0.2) is 9.59 Å². The second-order valence-corrected chi connectivity index (χ2v) is 16.5. The van der Waals surface area contributed by atoms with Crippen molar-refractivity contribution in [3.05, 3.63) is 166 Å². The molecule has 9 rings (SSSR count). The topological polar surface area (TPSA) is 182 Å². The number of benzene rings is 6. The van der Waals surface area contributed by atoms with E-state index in [4.69, 9.17) is 22.9 Å². The number of nitrogens with two attached hydrogens (primary N) is 4. The van der Waals surface area contributed by atoms with E-state index in [1.165, 1.54) is 82.3 Å². The van der Waals surface area contributed by atoms with Gasteiger partial charge in [0.05, 0.1) is 17.5 Å². The summed E-state index contributed by atoms with van der Waals surface area (Å²) in [5.41, 5.74) is 37.2. The van der Waals surface area contributed by atoms with E-state index in [1.54, 1.807) is 6.07 Å². The molecule has 1 saturated carbocycles. The van der Waals surface area contributed by atoms with Crippen LogP contribution in [0.1, 0.15) is 122 Å². The molecule has 0 bridgehead atoms. The third kappa shape index (κ3) is 10.8. The number of Topliss-reactive ketones (excluding diaryl/α,β-unsaturated/α-hetero) is 2. The minimum absolute atomic E-state index is 0. The average molecular weight is 829 g/mol. The van der Waals surface area contributed by atoms with Gasteiger partial charge in [0.2, 0.25) is 0 Å². The highest BCUT2D eigenvalue weighted by Gasteiger charge is 2.36. The third-order valence-electron chi connectivity index (χ3n) is 11.7. The van der Waals surface area contributed by atoms with Crippen LogP contribution in [0.15, 0.2) is 121 Å². The summed E-state index contributed by atoms with van der Waals surface area (Å²) < 4.78 is 4.38. The molecule has 0 radical (unpaired) electrons. The van der Waals surface area contributed by atoms with Crippen molar-refractivity contribution < 1.29 is 23.9 Å². The summed E-state index contributed by atoms with van der Waals surface area (Å²) in [6.07, 6.45) is 8.14. The molecule has 8 N–H and O–H groups in total. The van der Waals surface area contributed by atoms with Gasteiger partial charge >= 0.3 is 11.9 Å². The molecule has 0 saturated heterocycles. The van der Waals surface area contributed by atoms with Crippen LogP contribution in [0.3, 0.4) is 0 Å². The third-order valence-corrected chi connectivity index (χ3v) is 11.7. The highest BCUT2D eigenvalue weighted by Crippen LogP contribution is 2.37. The molecule has 0 aromatic heterocycles. The number of carbonyl (C=O) groups excluding carboxylic acids is 4. The summed E-state index contributed by atoms with van der Waals surface area (Å²) in [6.45, 7) is 4.45. The van der Waals surface area contributed by atoms with Crippen molar-refractivity contribution in [1.29, 1.82) is 0 Å². The number of rotatable bonds is 7. The molecule has 6 aromatic rings. The number of hydrogen-bond donors (Lipinski definition) is 4. The molecule has 0 amide bonds. The van der Waals surface area contributed by atoms with Crippen molar-refractivity contribution in [3.8, 4) is 22.3 Å². The molecule has 318 valence electrons. The van der Waals surface area contributed by atoms with Gasteiger partial charge < -0.3 is 27.7 Å². The number of nitrogen functional groups attached to an aromatic ring is 4. The molecule has 9 nitrogen and oxygen atoms in total. The molecule has 0 atom stereocenters. The van der Waals surface area contributed by atoms with Crippen LogP contribution in [0, 0.1) is 12.8 Å². The first-order chi connectivity index (χ1) is 29.3. The van der Waals surface area contributed by atoms with E-state index in [0.29, 0.717) is 5.92 Å². The van der Waals surface area contributed by atoms with Crippen molar-refractivity contribution >= 4 is 46.3 Å². The summed E-state index contributed by atoms with van der Waals surface area (Å²) in [7, 11) is 0. The Hall–Kier alpha value is -7.00. The molecule has 1 heterocycles. The van der Waals surface area contributed by atoms with Gasteiger partial charge in [0, 0.05) is 33.9 Å². The van der Waals surface area contributed by atoms with Crippen molar-refractivity contribution in [2.75, 3.05) is 22.9 Å². The van der Waals surface area contributed by atoms with Gasteiger partial charge in [-0.3, -0.25) is 9.59 Å². The van der Waals surface area contributed by atoms with Crippen LogP contribution in [0.5, 0.6) is 0 Å². The zero-order valence-electron chi connectivity index (χ0n) is 34.7. The van der Waals surface area contributed by atoms with Crippen molar-refractivity contribution in [3.63, 3.8) is 0 Å². The lowest BCUT2D eigenvalue weighted by Gasteiger charge is -2.26. The fourth-order valence-electron chi connectivity index (χ4n) is 8.31. The number of cyclic esters (lactones) is 2. The average Bonchev–Trinajstić information content (AvgIpc) is 3.68. The van der Waals surface area contributed by atoms with Crippen LogP contribution >= 0.6 is 0 Å². The Balaban J connectivity index is 0.000000169. The fourth-order valence-corrected chi connectivity index (χ4v) is 8.31. The van der Waals surface area contributed by atoms with Crippen LogP contribution in [0.25, 0.3) is 22.3 Å². The Morgan fingerprint density at radius 2 is 0.903 bits per heavy atom. The molecule has 0 spiro atoms. The minimum Gasteiger partial charge on any atom is -0.399 e. The molecule has 2 aliphatic carbocycles. The molecule has 62 heavy (non-hydrogen) atoms. The fraction of sp³-hybridized carbons (Fsp3) is 0.245. The number of ether oxygens (including phenoxy) is 1. The van der Waals surface area contributed by atoms with Crippen LogP contribution in [-0.2, 0) is 17.6 Å². The lowest BCUT2D eigenvalue weighted by atomic mass is 9.79. The smallest absolute Gasteiger partial charge is 0.346 e. The zero-order valence-corrected chi connectivity index (χ0v) is 34.7. The molecular weight excluding hydrogens is 773 g/mol. The first-order valence-corrected chi connectivity index (χ1v) is 20.9. The quantitative estimate of drug-likeness (QED) is 0.0691. The SMILES string of the molecule is C.CC1CCC(c2cc(N)cc(N)c2)CC1.Cc1ccc(-c2ccc(-c3ccc(CCCc4cc(N)cc(N)c4)cc3)cc2)cc1.O=C1CC(=O)c2cc3c(cc21)C(=O)OC3=O. The lowest BCUT2D eigenvalue weighted by Crippen LogP contribution is -2.11. The maximum atomic E-state index is 11.4. The summed E-state index contributed by atoms with van der Waals surface area (Å²) in [5, 5.41) is 0. The summed E-state index contributed by atoms with van der Waals surface area (Å²) in [4.78, 5) is 45.3. The summed E-state index contributed by atoms with van der Waals surface area (Å²) in [6, 6.07) is 40.7. The Kier molecular flexibility index (Phi) is 14.1. The summed E-state index contributed by atoms with van der Waals surface area (Å²) in [5.74, 6) is -0.624. The number of fused-ring (bicyclic) bond motifs is 2. The van der Waals surface area contributed by atoms with E-state index >= 15 is 0 Å². The molecule has 1 fully saturated rings. The second-order valence-electron chi connectivity index (χ2n) is 16.5. The van der Waals surface area contributed by atoms with E-state index in [0.717, 1.165) is 47.9 Å². The first kappa shape index (κ1) is 44.5. The Bertz CT molecular complexity index is 2450. The molecule has 6 aromatic carbocycles. The van der Waals surface area contributed by atoms with E-state index in [-0.39, 0.29) is 47.7 Å². The van der Waals surface area contributed by atoms with Crippen molar-refractivity contribution in [2.45, 2.75) is 78.6 Å². The maximum absolute atomic E-state index is 11.4. The normalized spacial score (nSPS) is 16.2. The van der Waals surface area contributed by atoms with E-state index < -0.39 is 11.9 Å². The number of aryl methyl sites for hydroxylation is 3. The predicted molar refractivity (Wildman–Crippen MR) is 251 cm³/mol. The van der Waals surface area contributed by atoms with Gasteiger partial charge in [0.25, 0.3) is 0 Å². The van der Waals surface area contributed by atoms with Crippen LogP contribution in [0.4, 0.5) is 22.7 Å². The number of anilines is 4. The van der Waals surface area contributed by atoms with Gasteiger partial charge in [0.15, 0.2) is 11.6 Å². The van der Waals surface area contributed by atoms with Gasteiger partial charge in [0.1, 0.15) is 0 Å². The Morgan fingerprint density at radius 3 is 1.37 bits per heavy atom. The lowest BCUT2D eigenvalue weighted by molar-refractivity contribution is 0.0443. The monoisotopic (exact) mass is 828 g/mol. The minimum atomic E-state index is -0.769. The van der Waals surface area contributed by atoms with Gasteiger partial charge in [-0.05, 0) is 138 Å². The number of ketones is 2. The van der Waals surface area contributed by atoms with Gasteiger partial charge in [-0.15, -0.1) is 0 Å². The molecule has 1 aliphatic heterocycles. The number of esters is 2. The van der Waals surface area contributed by atoms with E-state index in [2.05, 4.69) is 104 Å². The maximum Gasteiger partial charge on any atom is 0.346 e. The molecule has 3 aliphatic rings. The zero-order chi connectivity index (χ0) is 43.2. The first-order valence-electron chi connectivity index (χ1n) is 20.9. The van der Waals surface area contributed by atoms with Crippen molar-refractivity contribution in [1.82, 2.24) is 0 Å². The van der Waals surface area contributed by atoms with Crippen LogP contribution in [-0.4, -0.2) is 23.5 Å².